The summed E-state index contributed by atoms with van der Waals surface area (Å²) in [5.74, 6) is 4.87. The van der Waals surface area contributed by atoms with Crippen LogP contribution in [0.2, 0.25) is 0 Å². The number of fused-ring (bicyclic) bond motifs is 1. The zero-order valence-electron chi connectivity index (χ0n) is 20.8. The summed E-state index contributed by atoms with van der Waals surface area (Å²) in [4.78, 5) is 15.8. The van der Waals surface area contributed by atoms with E-state index < -0.39 is 19.7 Å². The Balaban J connectivity index is 1.55. The van der Waals surface area contributed by atoms with E-state index in [1.807, 2.05) is 43.3 Å². The van der Waals surface area contributed by atoms with Crippen molar-refractivity contribution in [3.63, 3.8) is 0 Å². The van der Waals surface area contributed by atoms with Crippen LogP contribution in [0.15, 0.2) is 55.0 Å². The molecule has 1 fully saturated rings. The van der Waals surface area contributed by atoms with Gasteiger partial charge in [0.05, 0.1) is 40.1 Å². The number of rotatable bonds is 8. The molecule has 3 aromatic rings. The van der Waals surface area contributed by atoms with Crippen molar-refractivity contribution in [3.8, 4) is 11.1 Å². The molecule has 192 valence electrons. The molecule has 0 radical (unpaired) electrons. The number of aromatic nitrogens is 3. The molecule has 0 bridgehead atoms. The Labute approximate surface area is 213 Å². The van der Waals surface area contributed by atoms with Crippen LogP contribution >= 0.6 is 0 Å². The second-order valence-electron chi connectivity index (χ2n) is 9.06. The fourth-order valence-electron chi connectivity index (χ4n) is 4.18. The molecule has 1 aliphatic rings. The minimum Gasteiger partial charge on any atom is -0.355 e. The number of sulfonamides is 1. The lowest BCUT2D eigenvalue weighted by Crippen LogP contribution is -2.43. The van der Waals surface area contributed by atoms with Gasteiger partial charge in [-0.05, 0) is 49.4 Å². The third-order valence-electron chi connectivity index (χ3n) is 6.20. The number of hydrogen-bond donors (Lipinski definition) is 1. The van der Waals surface area contributed by atoms with Crippen molar-refractivity contribution in [2.24, 2.45) is 0 Å². The fraction of sp³-hybridized carbons (Fsp3) is 0.360. The molecular formula is C25H32N6O3S2. The maximum absolute atomic E-state index is 12.7. The summed E-state index contributed by atoms with van der Waals surface area (Å²) in [6.45, 7) is 3.09. The van der Waals surface area contributed by atoms with Crippen molar-refractivity contribution in [1.82, 2.24) is 19.3 Å². The summed E-state index contributed by atoms with van der Waals surface area (Å²) in [6, 6.07) is 7.71. The second-order valence-corrected chi connectivity index (χ2v) is 13.6. The number of nitrogens with one attached hydrogen (secondary N) is 1. The first kappa shape index (κ1) is 26.1. The van der Waals surface area contributed by atoms with Crippen molar-refractivity contribution in [2.45, 2.75) is 25.0 Å². The molecule has 0 saturated carbocycles. The summed E-state index contributed by atoms with van der Waals surface area (Å²) < 4.78 is 41.9. The Morgan fingerprint density at radius 2 is 1.83 bits per heavy atom. The van der Waals surface area contributed by atoms with Gasteiger partial charge in [-0.2, -0.15) is 0 Å². The molecule has 0 aliphatic carbocycles. The van der Waals surface area contributed by atoms with Gasteiger partial charge in [-0.15, -0.1) is 0 Å². The van der Waals surface area contributed by atoms with E-state index in [1.165, 1.54) is 4.31 Å². The van der Waals surface area contributed by atoms with Crippen LogP contribution in [0.5, 0.6) is 0 Å². The molecule has 9 nitrogen and oxygen atoms in total. The lowest BCUT2D eigenvalue weighted by atomic mass is 10.1. The number of benzene rings is 1. The van der Waals surface area contributed by atoms with Gasteiger partial charge in [0.15, 0.2) is 0 Å². The Bertz CT molecular complexity index is 1480. The van der Waals surface area contributed by atoms with E-state index in [4.69, 9.17) is 4.98 Å². The number of hydrogen-bond acceptors (Lipinski definition) is 7. The molecule has 1 saturated heterocycles. The van der Waals surface area contributed by atoms with E-state index in [9.17, 15) is 12.6 Å². The molecule has 0 amide bonds. The Hall–Kier alpha value is -3.02. The van der Waals surface area contributed by atoms with E-state index in [0.717, 1.165) is 28.0 Å². The SMILES string of the molecule is C=S(=O)(C/C=C\C)Nc1cncc(-c2ccc3ncc(N4CCC(S(=O)(=O)N(C)C)CC4)nc3c2)c1. The van der Waals surface area contributed by atoms with Crippen molar-refractivity contribution >= 4 is 48.1 Å². The second kappa shape index (κ2) is 10.5. The minimum atomic E-state index is -3.26. The van der Waals surface area contributed by atoms with Gasteiger partial charge < -0.3 is 9.62 Å². The smallest absolute Gasteiger partial charge is 0.216 e. The third kappa shape index (κ3) is 5.85. The molecule has 1 atom stereocenters. The van der Waals surface area contributed by atoms with Crippen molar-refractivity contribution < 1.29 is 12.6 Å². The van der Waals surface area contributed by atoms with Crippen LogP contribution < -0.4 is 9.62 Å². The molecule has 2 aromatic heterocycles. The normalized spacial score (nSPS) is 17.1. The van der Waals surface area contributed by atoms with E-state index in [-0.39, 0.29) is 5.25 Å². The Kier molecular flexibility index (Phi) is 7.62. The average molecular weight is 529 g/mol. The van der Waals surface area contributed by atoms with E-state index in [2.05, 4.69) is 25.5 Å². The first-order chi connectivity index (χ1) is 17.1. The standard InChI is InChI=1S/C25H32N6O3S2/c1-5-6-13-35(4,32)29-21-14-20(16-26-17-21)19-7-8-23-24(15-19)28-25(18-27-23)31-11-9-22(10-12-31)36(33,34)30(2)3/h5-8,14-18,22H,4,9-13H2,1-3H3,(H,29,32)/b6-5-. The first-order valence-corrected chi connectivity index (χ1v) is 15.1. The zero-order valence-corrected chi connectivity index (χ0v) is 22.4. The highest BCUT2D eigenvalue weighted by molar-refractivity contribution is 8.01. The molecule has 11 heteroatoms. The molecule has 1 aromatic carbocycles. The molecule has 1 aliphatic heterocycles. The van der Waals surface area contributed by atoms with E-state index in [0.29, 0.717) is 37.4 Å². The maximum Gasteiger partial charge on any atom is 0.216 e. The highest BCUT2D eigenvalue weighted by atomic mass is 32.2. The lowest BCUT2D eigenvalue weighted by molar-refractivity contribution is 0.476. The maximum atomic E-state index is 12.7. The van der Waals surface area contributed by atoms with E-state index >= 15 is 0 Å². The molecular weight excluding hydrogens is 496 g/mol. The predicted octanol–water partition coefficient (Wildman–Crippen LogP) is 3.17. The van der Waals surface area contributed by atoms with Crippen LogP contribution in [0.1, 0.15) is 19.8 Å². The van der Waals surface area contributed by atoms with Gasteiger partial charge in [0.2, 0.25) is 10.0 Å². The van der Waals surface area contributed by atoms with Crippen LogP contribution in [0, 0.1) is 0 Å². The minimum absolute atomic E-state index is 0.334. The molecule has 3 heterocycles. The van der Waals surface area contributed by atoms with Gasteiger partial charge in [-0.25, -0.2) is 21.9 Å². The van der Waals surface area contributed by atoms with Crippen LogP contribution in [0.4, 0.5) is 11.5 Å². The van der Waals surface area contributed by atoms with Gasteiger partial charge in [-0.1, -0.05) is 18.2 Å². The molecule has 1 unspecified atom stereocenters. The molecule has 36 heavy (non-hydrogen) atoms. The Morgan fingerprint density at radius 3 is 2.53 bits per heavy atom. The largest absolute Gasteiger partial charge is 0.355 e. The number of nitrogens with zero attached hydrogens (tertiary/aromatic N) is 5. The highest BCUT2D eigenvalue weighted by Gasteiger charge is 2.32. The zero-order chi connectivity index (χ0) is 25.9. The fourth-order valence-corrected chi connectivity index (χ4v) is 6.71. The number of piperidine rings is 1. The average Bonchev–Trinajstić information content (AvgIpc) is 2.86. The molecule has 1 N–H and O–H groups in total. The van der Waals surface area contributed by atoms with Crippen molar-refractivity contribution in [3.05, 3.63) is 55.0 Å². The van der Waals surface area contributed by atoms with Gasteiger partial charge >= 0.3 is 0 Å². The summed E-state index contributed by atoms with van der Waals surface area (Å²) in [7, 11) is -2.61. The first-order valence-electron chi connectivity index (χ1n) is 11.7. The van der Waals surface area contributed by atoms with Gasteiger partial charge in [0.1, 0.15) is 5.82 Å². The predicted molar refractivity (Wildman–Crippen MR) is 149 cm³/mol. The number of pyridine rings is 1. The summed E-state index contributed by atoms with van der Waals surface area (Å²) in [5.41, 5.74) is 3.89. The summed E-state index contributed by atoms with van der Waals surface area (Å²) >= 11 is 0. The highest BCUT2D eigenvalue weighted by Crippen LogP contribution is 2.27. The summed E-state index contributed by atoms with van der Waals surface area (Å²) in [5, 5.41) is -0.372. The van der Waals surface area contributed by atoms with Gasteiger partial charge in [0.25, 0.3) is 0 Å². The Morgan fingerprint density at radius 1 is 1.08 bits per heavy atom. The molecule has 0 spiro atoms. The van der Waals surface area contributed by atoms with Crippen LogP contribution in [-0.4, -0.2) is 75.9 Å². The number of allylic oxidation sites excluding steroid dienone is 1. The van der Waals surface area contributed by atoms with E-state index in [1.54, 1.807) is 32.7 Å². The number of anilines is 2. The topological polar surface area (TPSA) is 108 Å². The quantitative estimate of drug-likeness (QED) is 0.353. The molecule has 4 rings (SSSR count). The van der Waals surface area contributed by atoms with Crippen molar-refractivity contribution in [2.75, 3.05) is 42.6 Å². The van der Waals surface area contributed by atoms with Crippen LogP contribution in [-0.2, 0) is 19.7 Å². The van der Waals surface area contributed by atoms with Crippen LogP contribution in [0.25, 0.3) is 22.2 Å². The van der Waals surface area contributed by atoms with Crippen molar-refractivity contribution in [1.29, 1.82) is 0 Å². The van der Waals surface area contributed by atoms with Gasteiger partial charge in [-0.3, -0.25) is 9.97 Å². The monoisotopic (exact) mass is 528 g/mol. The summed E-state index contributed by atoms with van der Waals surface area (Å²) in [6.07, 6.45) is 9.89. The van der Waals surface area contributed by atoms with Gasteiger partial charge in [0, 0.05) is 48.7 Å². The van der Waals surface area contributed by atoms with Crippen LogP contribution in [0.3, 0.4) is 0 Å². The third-order valence-corrected chi connectivity index (χ3v) is 9.87. The lowest BCUT2D eigenvalue weighted by Gasteiger charge is -2.33.